The lowest BCUT2D eigenvalue weighted by Gasteiger charge is -2.04. The number of ether oxygens (including phenoxy) is 1. The van der Waals surface area contributed by atoms with E-state index in [2.05, 4.69) is 10.5 Å². The van der Waals surface area contributed by atoms with Gasteiger partial charge in [-0.3, -0.25) is 5.43 Å². The summed E-state index contributed by atoms with van der Waals surface area (Å²) in [4.78, 5) is 0. The van der Waals surface area contributed by atoms with Gasteiger partial charge in [0.25, 0.3) is 0 Å². The average Bonchev–Trinajstić information content (AvgIpc) is 2.53. The van der Waals surface area contributed by atoms with Gasteiger partial charge in [0.1, 0.15) is 11.3 Å². The van der Waals surface area contributed by atoms with Crippen molar-refractivity contribution < 1.29 is 9.15 Å². The molecule has 0 atom stereocenters. The van der Waals surface area contributed by atoms with Crippen LogP contribution in [0, 0.1) is 6.92 Å². The molecule has 0 spiro atoms. The molecule has 0 unspecified atom stereocenters. The van der Waals surface area contributed by atoms with E-state index in [9.17, 15) is 0 Å². The first-order chi connectivity index (χ1) is 10.3. The zero-order valence-corrected chi connectivity index (χ0v) is 12.0. The first-order valence-corrected chi connectivity index (χ1v) is 6.69. The van der Waals surface area contributed by atoms with E-state index < -0.39 is 0 Å². The molecule has 4 heteroatoms. The zero-order valence-electron chi connectivity index (χ0n) is 12.0. The topological polar surface area (TPSA) is 46.8 Å². The highest BCUT2D eigenvalue weighted by Gasteiger charge is 2.02. The smallest absolute Gasteiger partial charge is 0.236 e. The number of aryl methyl sites for hydroxylation is 1. The maximum absolute atomic E-state index is 5.80. The summed E-state index contributed by atoms with van der Waals surface area (Å²) >= 11 is 0. The van der Waals surface area contributed by atoms with Gasteiger partial charge in [-0.05, 0) is 36.8 Å². The zero-order chi connectivity index (χ0) is 14.7. The van der Waals surface area contributed by atoms with Crippen LogP contribution in [0.2, 0.25) is 0 Å². The average molecular weight is 280 g/mol. The summed E-state index contributed by atoms with van der Waals surface area (Å²) in [5.41, 5.74) is 6.28. The van der Waals surface area contributed by atoms with Crippen molar-refractivity contribution in [2.45, 2.75) is 6.92 Å². The van der Waals surface area contributed by atoms with Crippen LogP contribution in [0.25, 0.3) is 11.0 Å². The van der Waals surface area contributed by atoms with Gasteiger partial charge in [-0.15, -0.1) is 5.10 Å². The van der Waals surface area contributed by atoms with Gasteiger partial charge in [0.15, 0.2) is 0 Å². The van der Waals surface area contributed by atoms with Gasteiger partial charge in [-0.2, -0.15) is 0 Å². The van der Waals surface area contributed by atoms with Gasteiger partial charge >= 0.3 is 0 Å². The molecule has 0 aliphatic heterocycles. The second kappa shape index (κ2) is 5.71. The van der Waals surface area contributed by atoms with Crippen LogP contribution < -0.4 is 15.7 Å². The Hall–Kier alpha value is -2.75. The molecule has 0 amide bonds. The molecular weight excluding hydrogens is 264 g/mol. The summed E-state index contributed by atoms with van der Waals surface area (Å²) in [6.45, 7) is 2.03. The van der Waals surface area contributed by atoms with E-state index in [1.165, 1.54) is 0 Å². The van der Waals surface area contributed by atoms with Crippen molar-refractivity contribution in [1.82, 2.24) is 0 Å². The Kier molecular flexibility index (Phi) is 3.60. The van der Waals surface area contributed by atoms with Gasteiger partial charge in [0.05, 0.1) is 12.8 Å². The van der Waals surface area contributed by atoms with Gasteiger partial charge in [-0.1, -0.05) is 18.2 Å². The summed E-state index contributed by atoms with van der Waals surface area (Å²) in [6.07, 6.45) is 0. The fourth-order valence-electron chi connectivity index (χ4n) is 2.13. The lowest BCUT2D eigenvalue weighted by molar-refractivity contribution is 0.414. The minimum atomic E-state index is 0.525. The van der Waals surface area contributed by atoms with E-state index in [1.54, 1.807) is 7.11 Å². The second-order valence-corrected chi connectivity index (χ2v) is 4.72. The lowest BCUT2D eigenvalue weighted by Crippen LogP contribution is -2.05. The highest BCUT2D eigenvalue weighted by molar-refractivity contribution is 5.81. The van der Waals surface area contributed by atoms with Crippen LogP contribution >= 0.6 is 0 Å². The number of nitrogens with one attached hydrogen (secondary N) is 1. The number of methoxy groups -OCH3 is 1. The van der Waals surface area contributed by atoms with Crippen molar-refractivity contribution in [1.29, 1.82) is 0 Å². The largest absolute Gasteiger partial charge is 0.497 e. The molecule has 21 heavy (non-hydrogen) atoms. The molecule has 106 valence electrons. The van der Waals surface area contributed by atoms with E-state index in [0.29, 0.717) is 5.55 Å². The molecule has 0 aliphatic rings. The fourth-order valence-corrected chi connectivity index (χ4v) is 2.13. The van der Waals surface area contributed by atoms with Crippen LogP contribution in [-0.4, -0.2) is 7.11 Å². The predicted octanol–water partition coefficient (Wildman–Crippen LogP) is 3.68. The molecule has 0 fully saturated rings. The molecule has 0 saturated heterocycles. The number of benzene rings is 2. The fraction of sp³-hybridized carbons (Fsp3) is 0.118. The Bertz CT molecular complexity index is 823. The molecule has 0 radical (unpaired) electrons. The van der Waals surface area contributed by atoms with Gasteiger partial charge < -0.3 is 9.15 Å². The molecule has 0 saturated carbocycles. The quantitative estimate of drug-likeness (QED) is 0.744. The molecule has 1 aromatic heterocycles. The first kappa shape index (κ1) is 13.2. The lowest BCUT2D eigenvalue weighted by atomic mass is 10.1. The van der Waals surface area contributed by atoms with E-state index in [1.807, 2.05) is 61.5 Å². The van der Waals surface area contributed by atoms with E-state index in [0.717, 1.165) is 28.0 Å². The Labute approximate surface area is 122 Å². The van der Waals surface area contributed by atoms with Crippen molar-refractivity contribution in [2.75, 3.05) is 12.5 Å². The van der Waals surface area contributed by atoms with Crippen LogP contribution in [-0.2, 0) is 0 Å². The van der Waals surface area contributed by atoms with E-state index in [-0.39, 0.29) is 0 Å². The number of fused-ring (bicyclic) bond motifs is 1. The Morgan fingerprint density at radius 3 is 2.62 bits per heavy atom. The third-order valence-corrected chi connectivity index (χ3v) is 3.24. The normalized spacial score (nSPS) is 11.6. The third kappa shape index (κ3) is 2.89. The third-order valence-electron chi connectivity index (χ3n) is 3.24. The Morgan fingerprint density at radius 2 is 1.86 bits per heavy atom. The van der Waals surface area contributed by atoms with Crippen LogP contribution in [0.5, 0.6) is 5.75 Å². The van der Waals surface area contributed by atoms with Crippen LogP contribution in [0.3, 0.4) is 0 Å². The highest BCUT2D eigenvalue weighted by Crippen LogP contribution is 2.21. The van der Waals surface area contributed by atoms with Crippen molar-refractivity contribution in [3.05, 3.63) is 65.7 Å². The number of nitrogens with zero attached hydrogens (tertiary/aromatic N) is 1. The van der Waals surface area contributed by atoms with Gasteiger partial charge in [0.2, 0.25) is 5.55 Å². The van der Waals surface area contributed by atoms with E-state index in [4.69, 9.17) is 9.15 Å². The molecule has 1 heterocycles. The number of hydrogen-bond donors (Lipinski definition) is 1. The standard InChI is InChI=1S/C17H16N2O2/c1-12-10-17(19-18-13-6-4-3-5-7-13)21-16-11-14(20-2)8-9-15(12)16/h3-11,18H,1-2H3/b19-17-. The summed E-state index contributed by atoms with van der Waals surface area (Å²) in [6, 6.07) is 17.4. The van der Waals surface area contributed by atoms with Gasteiger partial charge in [0, 0.05) is 17.5 Å². The number of rotatable bonds is 3. The van der Waals surface area contributed by atoms with Crippen molar-refractivity contribution in [3.63, 3.8) is 0 Å². The molecule has 3 rings (SSSR count). The summed E-state index contributed by atoms with van der Waals surface area (Å²) in [5, 5.41) is 5.34. The number of anilines is 1. The molecule has 4 nitrogen and oxygen atoms in total. The van der Waals surface area contributed by atoms with Crippen molar-refractivity contribution >= 4 is 16.7 Å². The Morgan fingerprint density at radius 1 is 1.05 bits per heavy atom. The first-order valence-electron chi connectivity index (χ1n) is 6.69. The molecular formula is C17H16N2O2. The number of hydrogen-bond acceptors (Lipinski definition) is 4. The molecule has 0 aliphatic carbocycles. The minimum absolute atomic E-state index is 0.525. The highest BCUT2D eigenvalue weighted by atomic mass is 16.5. The van der Waals surface area contributed by atoms with Crippen LogP contribution in [0.15, 0.2) is 64.1 Å². The minimum Gasteiger partial charge on any atom is -0.497 e. The summed E-state index contributed by atoms with van der Waals surface area (Å²) < 4.78 is 11.0. The second-order valence-electron chi connectivity index (χ2n) is 4.72. The number of para-hydroxylation sites is 1. The maximum Gasteiger partial charge on any atom is 0.236 e. The van der Waals surface area contributed by atoms with E-state index >= 15 is 0 Å². The van der Waals surface area contributed by atoms with Crippen LogP contribution in [0.1, 0.15) is 5.56 Å². The molecule has 2 aromatic carbocycles. The monoisotopic (exact) mass is 280 g/mol. The summed E-state index contributed by atoms with van der Waals surface area (Å²) in [5.74, 6) is 0.763. The van der Waals surface area contributed by atoms with Crippen molar-refractivity contribution in [3.8, 4) is 5.75 Å². The van der Waals surface area contributed by atoms with Crippen LogP contribution in [0.4, 0.5) is 5.69 Å². The van der Waals surface area contributed by atoms with Crippen molar-refractivity contribution in [2.24, 2.45) is 5.10 Å². The predicted molar refractivity (Wildman–Crippen MR) is 83.1 cm³/mol. The Balaban J connectivity index is 2.02. The maximum atomic E-state index is 5.80. The molecule has 1 N–H and O–H groups in total. The van der Waals surface area contributed by atoms with Gasteiger partial charge in [-0.25, -0.2) is 0 Å². The molecule has 3 aromatic rings. The molecule has 0 bridgehead atoms. The SMILES string of the molecule is COc1ccc2c(C)c/c(=N/Nc3ccccc3)oc2c1. The summed E-state index contributed by atoms with van der Waals surface area (Å²) in [7, 11) is 1.64.